The summed E-state index contributed by atoms with van der Waals surface area (Å²) in [5.41, 5.74) is 0. The molecule has 1 atom stereocenters. The van der Waals surface area contributed by atoms with Gasteiger partial charge in [-0.3, -0.25) is 4.90 Å². The monoisotopic (exact) mass is 252 g/mol. The van der Waals surface area contributed by atoms with Gasteiger partial charge in [0.25, 0.3) is 0 Å². The molecule has 1 aromatic heterocycles. The summed E-state index contributed by atoms with van der Waals surface area (Å²) in [5, 5.41) is 5.74. The summed E-state index contributed by atoms with van der Waals surface area (Å²) in [6.45, 7) is 4.70. The van der Waals surface area contributed by atoms with Crippen LogP contribution in [0.15, 0.2) is 17.5 Å². The fourth-order valence-corrected chi connectivity index (χ4v) is 2.87. The number of nitrogens with one attached hydrogen (secondary N) is 1. The van der Waals surface area contributed by atoms with Gasteiger partial charge in [-0.15, -0.1) is 11.3 Å². The van der Waals surface area contributed by atoms with Crippen LogP contribution in [0.25, 0.3) is 0 Å². The third-order valence-corrected chi connectivity index (χ3v) is 4.61. The van der Waals surface area contributed by atoms with Crippen LogP contribution >= 0.6 is 11.3 Å². The van der Waals surface area contributed by atoms with Gasteiger partial charge in [0, 0.05) is 17.0 Å². The van der Waals surface area contributed by atoms with Crippen LogP contribution in [0.5, 0.6) is 0 Å². The van der Waals surface area contributed by atoms with Crippen molar-refractivity contribution in [3.63, 3.8) is 0 Å². The average Bonchev–Trinajstić information content (AvgIpc) is 2.99. The Morgan fingerprint density at radius 1 is 1.47 bits per heavy atom. The highest BCUT2D eigenvalue weighted by atomic mass is 32.1. The molecule has 0 aliphatic heterocycles. The van der Waals surface area contributed by atoms with Gasteiger partial charge in [0.05, 0.1) is 0 Å². The second-order valence-electron chi connectivity index (χ2n) is 5.11. The minimum Gasteiger partial charge on any atom is -0.314 e. The lowest BCUT2D eigenvalue weighted by molar-refractivity contribution is 0.259. The molecule has 0 spiro atoms. The number of rotatable bonds is 8. The van der Waals surface area contributed by atoms with E-state index in [1.165, 1.54) is 43.6 Å². The van der Waals surface area contributed by atoms with Gasteiger partial charge in [0.2, 0.25) is 0 Å². The molecule has 2 nitrogen and oxygen atoms in total. The number of nitrogens with zero attached hydrogens (tertiary/aromatic N) is 1. The third kappa shape index (κ3) is 4.41. The zero-order valence-corrected chi connectivity index (χ0v) is 11.8. The summed E-state index contributed by atoms with van der Waals surface area (Å²) < 4.78 is 0. The molecule has 0 amide bonds. The van der Waals surface area contributed by atoms with E-state index < -0.39 is 0 Å². The van der Waals surface area contributed by atoms with Crippen molar-refractivity contribution >= 4 is 11.3 Å². The fourth-order valence-electron chi connectivity index (χ4n) is 2.02. The molecule has 3 heteroatoms. The first-order chi connectivity index (χ1) is 8.27. The molecule has 17 heavy (non-hydrogen) atoms. The van der Waals surface area contributed by atoms with Crippen LogP contribution in [-0.4, -0.2) is 31.1 Å². The fraction of sp³-hybridized carbons (Fsp3) is 0.714. The molecule has 0 saturated heterocycles. The summed E-state index contributed by atoms with van der Waals surface area (Å²) in [7, 11) is 2.23. The molecule has 1 heterocycles. The van der Waals surface area contributed by atoms with Crippen LogP contribution in [0.3, 0.4) is 0 Å². The molecule has 1 unspecified atom stereocenters. The molecule has 0 bridgehead atoms. The summed E-state index contributed by atoms with van der Waals surface area (Å²) in [6, 6.07) is 5.80. The Labute approximate surface area is 109 Å². The molecule has 1 aromatic rings. The second kappa shape index (κ2) is 6.53. The highest BCUT2D eigenvalue weighted by molar-refractivity contribution is 7.10. The molecule has 1 aliphatic rings. The van der Waals surface area contributed by atoms with Gasteiger partial charge in [0.15, 0.2) is 0 Å². The maximum Gasteiger partial charge on any atom is 0.0410 e. The number of unbranched alkanes of at least 4 members (excludes halogenated alkanes) is 1. The zero-order valence-electron chi connectivity index (χ0n) is 11.0. The van der Waals surface area contributed by atoms with Crippen molar-refractivity contribution in [1.82, 2.24) is 10.2 Å². The maximum absolute atomic E-state index is 3.57. The van der Waals surface area contributed by atoms with E-state index in [1.807, 2.05) is 11.3 Å². The van der Waals surface area contributed by atoms with E-state index in [0.29, 0.717) is 6.04 Å². The first kappa shape index (κ1) is 13.1. The molecule has 1 fully saturated rings. The van der Waals surface area contributed by atoms with E-state index in [-0.39, 0.29) is 0 Å². The van der Waals surface area contributed by atoms with Crippen molar-refractivity contribution in [2.45, 2.75) is 44.7 Å². The van der Waals surface area contributed by atoms with E-state index >= 15 is 0 Å². The van der Waals surface area contributed by atoms with Crippen LogP contribution in [0.2, 0.25) is 0 Å². The summed E-state index contributed by atoms with van der Waals surface area (Å²) in [4.78, 5) is 3.94. The Morgan fingerprint density at radius 3 is 2.94 bits per heavy atom. The van der Waals surface area contributed by atoms with Gasteiger partial charge in [-0.2, -0.15) is 0 Å². The third-order valence-electron chi connectivity index (χ3n) is 3.56. The SMILES string of the molecule is CC(c1cccs1)N(C)CCCCNC1CC1. The summed E-state index contributed by atoms with van der Waals surface area (Å²) in [5.74, 6) is 0. The molecule has 1 aliphatic carbocycles. The summed E-state index contributed by atoms with van der Waals surface area (Å²) in [6.07, 6.45) is 5.40. The Morgan fingerprint density at radius 2 is 2.29 bits per heavy atom. The topological polar surface area (TPSA) is 15.3 Å². The van der Waals surface area contributed by atoms with Gasteiger partial charge in [-0.1, -0.05) is 6.07 Å². The lowest BCUT2D eigenvalue weighted by Crippen LogP contribution is -2.24. The second-order valence-corrected chi connectivity index (χ2v) is 6.09. The molecular weight excluding hydrogens is 228 g/mol. The van der Waals surface area contributed by atoms with Gasteiger partial charge < -0.3 is 5.32 Å². The highest BCUT2D eigenvalue weighted by Crippen LogP contribution is 2.23. The minimum atomic E-state index is 0.561. The van der Waals surface area contributed by atoms with Gasteiger partial charge in [0.1, 0.15) is 0 Å². The van der Waals surface area contributed by atoms with Gasteiger partial charge >= 0.3 is 0 Å². The van der Waals surface area contributed by atoms with Crippen molar-refractivity contribution in [3.05, 3.63) is 22.4 Å². The van der Waals surface area contributed by atoms with Crippen molar-refractivity contribution in [1.29, 1.82) is 0 Å². The molecule has 96 valence electrons. The van der Waals surface area contributed by atoms with Gasteiger partial charge in [-0.25, -0.2) is 0 Å². The predicted octanol–water partition coefficient (Wildman–Crippen LogP) is 3.27. The molecule has 1 saturated carbocycles. The lowest BCUT2D eigenvalue weighted by Gasteiger charge is -2.23. The molecular formula is C14H24N2S. The van der Waals surface area contributed by atoms with Crippen LogP contribution in [0, 0.1) is 0 Å². The molecule has 0 radical (unpaired) electrons. The highest BCUT2D eigenvalue weighted by Gasteiger charge is 2.19. The van der Waals surface area contributed by atoms with Crippen LogP contribution in [0.4, 0.5) is 0 Å². The first-order valence-electron chi connectivity index (χ1n) is 6.74. The van der Waals surface area contributed by atoms with Crippen molar-refractivity contribution < 1.29 is 0 Å². The number of thiophene rings is 1. The van der Waals surface area contributed by atoms with Gasteiger partial charge in [-0.05, 0) is 64.2 Å². The first-order valence-corrected chi connectivity index (χ1v) is 7.62. The van der Waals surface area contributed by atoms with E-state index in [0.717, 1.165) is 6.04 Å². The van der Waals surface area contributed by atoms with E-state index in [2.05, 4.69) is 41.7 Å². The quantitative estimate of drug-likeness (QED) is 0.714. The summed E-state index contributed by atoms with van der Waals surface area (Å²) >= 11 is 1.86. The number of hydrogen-bond donors (Lipinski definition) is 1. The van der Waals surface area contributed by atoms with Crippen molar-refractivity contribution in [2.24, 2.45) is 0 Å². The van der Waals surface area contributed by atoms with Crippen LogP contribution < -0.4 is 5.32 Å². The van der Waals surface area contributed by atoms with Crippen molar-refractivity contribution in [2.75, 3.05) is 20.1 Å². The molecule has 2 rings (SSSR count). The van der Waals surface area contributed by atoms with E-state index in [9.17, 15) is 0 Å². The predicted molar refractivity (Wildman–Crippen MR) is 75.6 cm³/mol. The average molecular weight is 252 g/mol. The Kier molecular flexibility index (Phi) is 5.01. The Hall–Kier alpha value is -0.380. The van der Waals surface area contributed by atoms with Crippen molar-refractivity contribution in [3.8, 4) is 0 Å². The van der Waals surface area contributed by atoms with E-state index in [4.69, 9.17) is 0 Å². The normalized spacial score (nSPS) is 17.6. The maximum atomic E-state index is 3.57. The molecule has 1 N–H and O–H groups in total. The number of hydrogen-bond acceptors (Lipinski definition) is 3. The Balaban J connectivity index is 1.57. The zero-order chi connectivity index (χ0) is 12.1. The minimum absolute atomic E-state index is 0.561. The Bertz CT molecular complexity index is 306. The lowest BCUT2D eigenvalue weighted by atomic mass is 10.2. The smallest absolute Gasteiger partial charge is 0.0410 e. The van der Waals surface area contributed by atoms with Crippen LogP contribution in [-0.2, 0) is 0 Å². The molecule has 0 aromatic carbocycles. The standard InChI is InChI=1S/C14H24N2S/c1-12(14-6-5-11-17-14)16(2)10-4-3-9-15-13-7-8-13/h5-6,11-13,15H,3-4,7-10H2,1-2H3. The largest absolute Gasteiger partial charge is 0.314 e. The van der Waals surface area contributed by atoms with E-state index in [1.54, 1.807) is 0 Å². The van der Waals surface area contributed by atoms with Crippen LogP contribution in [0.1, 0.15) is 43.5 Å².